The van der Waals surface area contributed by atoms with Gasteiger partial charge in [-0.1, -0.05) is 18.2 Å². The second-order valence-corrected chi connectivity index (χ2v) is 6.72. The molecule has 0 aliphatic carbocycles. The van der Waals surface area contributed by atoms with Gasteiger partial charge in [0, 0.05) is 32.1 Å². The van der Waals surface area contributed by atoms with E-state index in [1.807, 2.05) is 4.90 Å². The maximum Gasteiger partial charge on any atom is 0.573 e. The summed E-state index contributed by atoms with van der Waals surface area (Å²) in [7, 11) is 3.45. The molecule has 27 heavy (non-hydrogen) atoms. The largest absolute Gasteiger partial charge is 0.573 e. The van der Waals surface area contributed by atoms with Crippen molar-refractivity contribution in [2.45, 2.75) is 25.7 Å². The Balaban J connectivity index is 1.80. The Hall–Kier alpha value is -2.29. The van der Waals surface area contributed by atoms with E-state index in [1.165, 1.54) is 18.2 Å². The third-order valence-corrected chi connectivity index (χ3v) is 4.42. The Kier molecular flexibility index (Phi) is 7.06. The minimum Gasteiger partial charge on any atom is -0.405 e. The van der Waals surface area contributed by atoms with E-state index in [-0.39, 0.29) is 42.1 Å². The number of hydrogen-bond acceptors (Lipinski definition) is 4. The highest BCUT2D eigenvalue weighted by atomic mass is 19.4. The highest BCUT2D eigenvalue weighted by molar-refractivity contribution is 5.79. The number of halogens is 3. The van der Waals surface area contributed by atoms with Gasteiger partial charge in [-0.05, 0) is 32.0 Å². The van der Waals surface area contributed by atoms with Crippen molar-refractivity contribution in [3.8, 4) is 5.75 Å². The van der Waals surface area contributed by atoms with Gasteiger partial charge in [0.05, 0.1) is 6.54 Å². The number of hydrogen-bond donors (Lipinski definition) is 1. The van der Waals surface area contributed by atoms with Crippen LogP contribution in [0.5, 0.6) is 5.75 Å². The average molecular weight is 387 g/mol. The van der Waals surface area contributed by atoms with Gasteiger partial charge < -0.3 is 15.0 Å². The normalized spacial score (nSPS) is 16.0. The van der Waals surface area contributed by atoms with Gasteiger partial charge in [-0.3, -0.25) is 14.5 Å². The number of alkyl halides is 3. The molecule has 1 aromatic carbocycles. The Morgan fingerprint density at radius 2 is 1.85 bits per heavy atom. The fourth-order valence-corrected chi connectivity index (χ4v) is 3.03. The summed E-state index contributed by atoms with van der Waals surface area (Å²) < 4.78 is 41.2. The number of piperidine rings is 1. The second kappa shape index (κ2) is 9.07. The van der Waals surface area contributed by atoms with Gasteiger partial charge >= 0.3 is 6.36 Å². The molecular weight excluding hydrogens is 363 g/mol. The van der Waals surface area contributed by atoms with E-state index in [9.17, 15) is 22.8 Å². The molecule has 1 aromatic rings. The monoisotopic (exact) mass is 387 g/mol. The molecule has 2 rings (SSSR count). The number of ether oxygens (including phenoxy) is 1. The number of rotatable bonds is 6. The molecule has 1 saturated heterocycles. The average Bonchev–Trinajstić information content (AvgIpc) is 2.59. The fourth-order valence-electron chi connectivity index (χ4n) is 3.03. The third kappa shape index (κ3) is 6.74. The minimum absolute atomic E-state index is 0.0225. The van der Waals surface area contributed by atoms with Gasteiger partial charge in [0.1, 0.15) is 5.75 Å². The molecule has 1 fully saturated rings. The second-order valence-electron chi connectivity index (χ2n) is 6.72. The number of amides is 2. The van der Waals surface area contributed by atoms with E-state index in [1.54, 1.807) is 25.1 Å². The van der Waals surface area contributed by atoms with Crippen LogP contribution >= 0.6 is 0 Å². The first-order valence-electron chi connectivity index (χ1n) is 8.69. The molecule has 0 spiro atoms. The fraction of sp³-hybridized carbons (Fsp3) is 0.556. The summed E-state index contributed by atoms with van der Waals surface area (Å²) in [5.41, 5.74) is 0.249. The molecule has 1 heterocycles. The summed E-state index contributed by atoms with van der Waals surface area (Å²) in [5, 5.41) is 2.62. The maximum absolute atomic E-state index is 12.4. The van der Waals surface area contributed by atoms with Gasteiger partial charge in [0.2, 0.25) is 11.8 Å². The predicted octanol–water partition coefficient (Wildman–Crippen LogP) is 2.00. The van der Waals surface area contributed by atoms with Crippen molar-refractivity contribution in [3.63, 3.8) is 0 Å². The zero-order valence-electron chi connectivity index (χ0n) is 15.4. The van der Waals surface area contributed by atoms with Crippen molar-refractivity contribution < 1.29 is 27.5 Å². The van der Waals surface area contributed by atoms with Crippen LogP contribution in [-0.2, 0) is 16.1 Å². The first kappa shape index (κ1) is 21.0. The summed E-state index contributed by atoms with van der Waals surface area (Å²) in [4.78, 5) is 27.6. The lowest BCUT2D eigenvalue weighted by molar-refractivity contribution is -0.274. The van der Waals surface area contributed by atoms with Crippen LogP contribution in [0.2, 0.25) is 0 Å². The van der Waals surface area contributed by atoms with E-state index < -0.39 is 6.36 Å². The van der Waals surface area contributed by atoms with Gasteiger partial charge in [-0.15, -0.1) is 13.2 Å². The van der Waals surface area contributed by atoms with Crippen molar-refractivity contribution in [2.24, 2.45) is 5.92 Å². The van der Waals surface area contributed by atoms with E-state index in [0.29, 0.717) is 25.9 Å². The summed E-state index contributed by atoms with van der Waals surface area (Å²) in [5.74, 6) is -0.534. The molecule has 1 N–H and O–H groups in total. The number of benzene rings is 1. The lowest BCUT2D eigenvalue weighted by Crippen LogP contribution is -2.44. The SMILES string of the molecule is CN(C)C(=O)C1CCN(CC(=O)NCc2ccccc2OC(F)(F)F)CC1. The van der Waals surface area contributed by atoms with Crippen molar-refractivity contribution in [2.75, 3.05) is 33.7 Å². The quantitative estimate of drug-likeness (QED) is 0.811. The molecule has 0 atom stereocenters. The molecule has 6 nitrogen and oxygen atoms in total. The van der Waals surface area contributed by atoms with E-state index in [4.69, 9.17) is 0 Å². The summed E-state index contributed by atoms with van der Waals surface area (Å²) in [6.07, 6.45) is -3.41. The van der Waals surface area contributed by atoms with E-state index >= 15 is 0 Å². The Labute approximate surface area is 156 Å². The molecule has 150 valence electrons. The van der Waals surface area contributed by atoms with Crippen LogP contribution in [0.25, 0.3) is 0 Å². The van der Waals surface area contributed by atoms with Crippen LogP contribution in [0.15, 0.2) is 24.3 Å². The van der Waals surface area contributed by atoms with Crippen LogP contribution in [0.1, 0.15) is 18.4 Å². The number of para-hydroxylation sites is 1. The van der Waals surface area contributed by atoms with Crippen molar-refractivity contribution >= 4 is 11.8 Å². The molecule has 1 aliphatic heterocycles. The molecule has 1 aliphatic rings. The molecule has 2 amide bonds. The van der Waals surface area contributed by atoms with Crippen LogP contribution in [0.4, 0.5) is 13.2 Å². The molecular formula is C18H24F3N3O3. The third-order valence-electron chi connectivity index (χ3n) is 4.42. The standard InChI is InChI=1S/C18H24F3N3O3/c1-23(2)17(26)13-7-9-24(10-8-13)12-16(25)22-11-14-5-3-4-6-15(14)27-18(19,20)21/h3-6,13H,7-12H2,1-2H3,(H,22,25). The summed E-state index contributed by atoms with van der Waals surface area (Å²) in [6.45, 7) is 1.35. The topological polar surface area (TPSA) is 61.9 Å². The van der Waals surface area contributed by atoms with Gasteiger partial charge in [0.15, 0.2) is 0 Å². The molecule has 0 unspecified atom stereocenters. The van der Waals surface area contributed by atoms with Crippen molar-refractivity contribution in [3.05, 3.63) is 29.8 Å². The molecule has 0 saturated carbocycles. The minimum atomic E-state index is -4.78. The van der Waals surface area contributed by atoms with Gasteiger partial charge in [0.25, 0.3) is 0 Å². The Morgan fingerprint density at radius 3 is 2.44 bits per heavy atom. The first-order chi connectivity index (χ1) is 12.7. The Morgan fingerprint density at radius 1 is 1.22 bits per heavy atom. The van der Waals surface area contributed by atoms with Gasteiger partial charge in [-0.25, -0.2) is 0 Å². The van der Waals surface area contributed by atoms with E-state index in [2.05, 4.69) is 10.1 Å². The number of carbonyl (C=O) groups excluding carboxylic acids is 2. The summed E-state index contributed by atoms with van der Waals surface area (Å²) in [6, 6.07) is 5.70. The van der Waals surface area contributed by atoms with Crippen LogP contribution in [0, 0.1) is 5.92 Å². The van der Waals surface area contributed by atoms with Crippen LogP contribution < -0.4 is 10.1 Å². The molecule has 0 radical (unpaired) electrons. The van der Waals surface area contributed by atoms with E-state index in [0.717, 1.165) is 0 Å². The summed E-state index contributed by atoms with van der Waals surface area (Å²) >= 11 is 0. The predicted molar refractivity (Wildman–Crippen MR) is 92.8 cm³/mol. The first-order valence-corrected chi connectivity index (χ1v) is 8.69. The molecule has 9 heteroatoms. The van der Waals surface area contributed by atoms with Gasteiger partial charge in [-0.2, -0.15) is 0 Å². The molecule has 0 bridgehead atoms. The number of carbonyl (C=O) groups is 2. The van der Waals surface area contributed by atoms with Crippen molar-refractivity contribution in [1.29, 1.82) is 0 Å². The number of nitrogens with zero attached hydrogens (tertiary/aromatic N) is 2. The zero-order valence-corrected chi connectivity index (χ0v) is 15.4. The highest BCUT2D eigenvalue weighted by Crippen LogP contribution is 2.26. The highest BCUT2D eigenvalue weighted by Gasteiger charge is 2.32. The van der Waals surface area contributed by atoms with Crippen LogP contribution in [-0.4, -0.2) is 61.7 Å². The lowest BCUT2D eigenvalue weighted by Gasteiger charge is -2.31. The van der Waals surface area contributed by atoms with Crippen molar-refractivity contribution in [1.82, 2.24) is 15.1 Å². The maximum atomic E-state index is 12.4. The zero-order chi connectivity index (χ0) is 20.0. The smallest absolute Gasteiger partial charge is 0.405 e. The Bertz CT molecular complexity index is 657. The number of likely N-dealkylation sites (tertiary alicyclic amines) is 1. The number of nitrogens with one attached hydrogen (secondary N) is 1. The lowest BCUT2D eigenvalue weighted by atomic mass is 9.95. The van der Waals surface area contributed by atoms with Crippen LogP contribution in [0.3, 0.4) is 0 Å². The molecule has 0 aromatic heterocycles.